The van der Waals surface area contributed by atoms with Gasteiger partial charge >= 0.3 is 0 Å². The van der Waals surface area contributed by atoms with E-state index in [9.17, 15) is 0 Å². The van der Waals surface area contributed by atoms with Crippen LogP contribution in [0.25, 0.3) is 0 Å². The van der Waals surface area contributed by atoms with Crippen LogP contribution >= 0.6 is 0 Å². The van der Waals surface area contributed by atoms with Crippen LogP contribution in [0.3, 0.4) is 0 Å². The standard InChI is InChI=1S/C13H23N3/c1-11(7-10-16(3)4)15-12(2)13-5-8-14-9-6-13/h5-6,8-9,11-12,15H,7,10H2,1-4H3. The molecule has 0 aliphatic heterocycles. The molecule has 0 amide bonds. The van der Waals surface area contributed by atoms with Gasteiger partial charge in [-0.1, -0.05) is 0 Å². The lowest BCUT2D eigenvalue weighted by molar-refractivity contribution is 0.354. The van der Waals surface area contributed by atoms with Gasteiger partial charge in [0.2, 0.25) is 0 Å². The Bertz CT molecular complexity index is 284. The molecule has 0 aliphatic carbocycles. The minimum absolute atomic E-state index is 0.389. The van der Waals surface area contributed by atoms with Gasteiger partial charge in [0.1, 0.15) is 0 Å². The zero-order chi connectivity index (χ0) is 12.0. The fourth-order valence-corrected chi connectivity index (χ4v) is 1.71. The molecule has 1 aromatic heterocycles. The molecule has 0 radical (unpaired) electrons. The SMILES string of the molecule is CC(CCN(C)C)NC(C)c1ccncc1. The van der Waals surface area contributed by atoms with E-state index >= 15 is 0 Å². The molecule has 0 fully saturated rings. The Morgan fingerprint density at radius 3 is 2.44 bits per heavy atom. The van der Waals surface area contributed by atoms with Gasteiger partial charge in [0.15, 0.2) is 0 Å². The van der Waals surface area contributed by atoms with Crippen LogP contribution in [-0.2, 0) is 0 Å². The number of aromatic nitrogens is 1. The minimum Gasteiger partial charge on any atom is -0.309 e. The second-order valence-electron chi connectivity index (χ2n) is 4.66. The third kappa shape index (κ3) is 4.73. The van der Waals surface area contributed by atoms with Crippen molar-refractivity contribution >= 4 is 0 Å². The summed E-state index contributed by atoms with van der Waals surface area (Å²) >= 11 is 0. The van der Waals surface area contributed by atoms with E-state index in [1.807, 2.05) is 12.4 Å². The molecule has 0 saturated heterocycles. The number of hydrogen-bond donors (Lipinski definition) is 1. The summed E-state index contributed by atoms with van der Waals surface area (Å²) in [7, 11) is 4.22. The van der Waals surface area contributed by atoms with E-state index in [0.29, 0.717) is 12.1 Å². The Labute approximate surface area is 98.9 Å². The van der Waals surface area contributed by atoms with Gasteiger partial charge in [-0.2, -0.15) is 0 Å². The first-order chi connectivity index (χ1) is 7.59. The predicted molar refractivity (Wildman–Crippen MR) is 68.4 cm³/mol. The fraction of sp³-hybridized carbons (Fsp3) is 0.615. The van der Waals surface area contributed by atoms with E-state index in [1.54, 1.807) is 0 Å². The van der Waals surface area contributed by atoms with Gasteiger partial charge < -0.3 is 10.2 Å². The zero-order valence-corrected chi connectivity index (χ0v) is 10.8. The van der Waals surface area contributed by atoms with Crippen molar-refractivity contribution in [3.63, 3.8) is 0 Å². The Morgan fingerprint density at radius 2 is 1.88 bits per heavy atom. The second-order valence-corrected chi connectivity index (χ2v) is 4.66. The summed E-state index contributed by atoms with van der Waals surface area (Å²) in [5.41, 5.74) is 1.30. The van der Waals surface area contributed by atoms with Crippen molar-refractivity contribution in [3.8, 4) is 0 Å². The largest absolute Gasteiger partial charge is 0.309 e. The summed E-state index contributed by atoms with van der Waals surface area (Å²) in [6.07, 6.45) is 4.86. The smallest absolute Gasteiger partial charge is 0.0295 e. The zero-order valence-electron chi connectivity index (χ0n) is 10.8. The highest BCUT2D eigenvalue weighted by Gasteiger charge is 2.08. The Balaban J connectivity index is 2.36. The molecule has 1 heterocycles. The van der Waals surface area contributed by atoms with Crippen LogP contribution in [0.2, 0.25) is 0 Å². The van der Waals surface area contributed by atoms with Crippen molar-refractivity contribution in [2.45, 2.75) is 32.4 Å². The molecule has 0 aliphatic rings. The molecule has 1 N–H and O–H groups in total. The van der Waals surface area contributed by atoms with Crippen LogP contribution in [0, 0.1) is 0 Å². The number of nitrogens with one attached hydrogen (secondary N) is 1. The lowest BCUT2D eigenvalue weighted by atomic mass is 10.1. The normalized spacial score (nSPS) is 15.1. The molecule has 3 nitrogen and oxygen atoms in total. The van der Waals surface area contributed by atoms with Crippen molar-refractivity contribution in [3.05, 3.63) is 30.1 Å². The number of rotatable bonds is 6. The van der Waals surface area contributed by atoms with E-state index in [2.05, 4.69) is 55.3 Å². The van der Waals surface area contributed by atoms with Crippen molar-refractivity contribution in [1.29, 1.82) is 0 Å². The Kier molecular flexibility index (Phi) is 5.43. The number of nitrogens with zero attached hydrogens (tertiary/aromatic N) is 2. The minimum atomic E-state index is 0.389. The quantitative estimate of drug-likeness (QED) is 0.797. The molecule has 1 aromatic rings. The van der Waals surface area contributed by atoms with Gasteiger partial charge in [-0.25, -0.2) is 0 Å². The molecular formula is C13H23N3. The monoisotopic (exact) mass is 221 g/mol. The van der Waals surface area contributed by atoms with Crippen LogP contribution in [0.5, 0.6) is 0 Å². The topological polar surface area (TPSA) is 28.2 Å². The highest BCUT2D eigenvalue weighted by atomic mass is 15.1. The van der Waals surface area contributed by atoms with E-state index in [0.717, 1.165) is 6.54 Å². The number of pyridine rings is 1. The molecule has 90 valence electrons. The molecule has 0 aromatic carbocycles. The first kappa shape index (κ1) is 13.1. The number of hydrogen-bond acceptors (Lipinski definition) is 3. The maximum atomic E-state index is 4.03. The first-order valence-corrected chi connectivity index (χ1v) is 5.90. The fourth-order valence-electron chi connectivity index (χ4n) is 1.71. The summed E-state index contributed by atoms with van der Waals surface area (Å²) in [5.74, 6) is 0. The maximum absolute atomic E-state index is 4.03. The van der Waals surface area contributed by atoms with E-state index in [-0.39, 0.29) is 0 Å². The molecule has 0 saturated carbocycles. The highest BCUT2D eigenvalue weighted by molar-refractivity contribution is 5.14. The second kappa shape index (κ2) is 6.61. The third-order valence-electron chi connectivity index (χ3n) is 2.75. The molecule has 0 spiro atoms. The van der Waals surface area contributed by atoms with Crippen LogP contribution < -0.4 is 5.32 Å². The highest BCUT2D eigenvalue weighted by Crippen LogP contribution is 2.11. The molecule has 2 unspecified atom stereocenters. The van der Waals surface area contributed by atoms with Crippen LogP contribution in [-0.4, -0.2) is 36.6 Å². The van der Waals surface area contributed by atoms with Crippen molar-refractivity contribution in [2.75, 3.05) is 20.6 Å². The molecule has 1 rings (SSSR count). The van der Waals surface area contributed by atoms with Crippen molar-refractivity contribution in [2.24, 2.45) is 0 Å². The van der Waals surface area contributed by atoms with Crippen LogP contribution in [0.4, 0.5) is 0 Å². The summed E-state index contributed by atoms with van der Waals surface area (Å²) in [4.78, 5) is 6.25. The van der Waals surface area contributed by atoms with Gasteiger partial charge in [0, 0.05) is 24.5 Å². The van der Waals surface area contributed by atoms with Gasteiger partial charge in [-0.05, 0) is 58.6 Å². The molecule has 0 bridgehead atoms. The summed E-state index contributed by atoms with van der Waals surface area (Å²) in [5, 5.41) is 3.60. The first-order valence-electron chi connectivity index (χ1n) is 5.90. The predicted octanol–water partition coefficient (Wildman–Crippen LogP) is 2.07. The third-order valence-corrected chi connectivity index (χ3v) is 2.75. The summed E-state index contributed by atoms with van der Waals surface area (Å²) in [6, 6.07) is 5.05. The van der Waals surface area contributed by atoms with Gasteiger partial charge in [0.25, 0.3) is 0 Å². The molecule has 3 heteroatoms. The van der Waals surface area contributed by atoms with Gasteiger partial charge in [-0.3, -0.25) is 4.98 Å². The average Bonchev–Trinajstić information content (AvgIpc) is 2.27. The van der Waals surface area contributed by atoms with E-state index in [4.69, 9.17) is 0 Å². The molecule has 16 heavy (non-hydrogen) atoms. The van der Waals surface area contributed by atoms with E-state index < -0.39 is 0 Å². The average molecular weight is 221 g/mol. The molecule has 2 atom stereocenters. The van der Waals surface area contributed by atoms with Crippen LogP contribution in [0.15, 0.2) is 24.5 Å². The molecular weight excluding hydrogens is 198 g/mol. The lowest BCUT2D eigenvalue weighted by Gasteiger charge is -2.21. The van der Waals surface area contributed by atoms with Crippen molar-refractivity contribution in [1.82, 2.24) is 15.2 Å². The van der Waals surface area contributed by atoms with Crippen molar-refractivity contribution < 1.29 is 0 Å². The lowest BCUT2D eigenvalue weighted by Crippen LogP contribution is -2.31. The Hall–Kier alpha value is -0.930. The van der Waals surface area contributed by atoms with Gasteiger partial charge in [-0.15, -0.1) is 0 Å². The van der Waals surface area contributed by atoms with Crippen LogP contribution in [0.1, 0.15) is 31.9 Å². The summed E-state index contributed by atoms with van der Waals surface area (Å²) < 4.78 is 0. The summed E-state index contributed by atoms with van der Waals surface area (Å²) in [6.45, 7) is 5.56. The Morgan fingerprint density at radius 1 is 1.25 bits per heavy atom. The van der Waals surface area contributed by atoms with Gasteiger partial charge in [0.05, 0.1) is 0 Å². The maximum Gasteiger partial charge on any atom is 0.0295 e. The van der Waals surface area contributed by atoms with E-state index in [1.165, 1.54) is 12.0 Å².